The molecule has 20 heavy (non-hydrogen) atoms. The molecule has 3 rings (SSSR count). The highest BCUT2D eigenvalue weighted by atomic mass is 16.5. The quantitative estimate of drug-likeness (QED) is 0.720. The van der Waals surface area contributed by atoms with Gasteiger partial charge in [-0.15, -0.1) is 0 Å². The van der Waals surface area contributed by atoms with E-state index in [9.17, 15) is 4.79 Å². The van der Waals surface area contributed by atoms with Crippen molar-refractivity contribution in [2.45, 2.75) is 6.54 Å². The minimum atomic E-state index is -0.179. The van der Waals surface area contributed by atoms with Crippen molar-refractivity contribution < 1.29 is 9.53 Å². The van der Waals surface area contributed by atoms with Gasteiger partial charge in [0, 0.05) is 12.3 Å². The van der Waals surface area contributed by atoms with Crippen molar-refractivity contribution in [3.05, 3.63) is 36.2 Å². The van der Waals surface area contributed by atoms with E-state index in [2.05, 4.69) is 20.8 Å². The molecule has 2 aromatic rings. The molecule has 0 radical (unpaired) electrons. The Balaban J connectivity index is 1.80. The number of ether oxygens (including phenoxy) is 1. The number of nitrogens with two attached hydrogens (primary N) is 1. The first-order valence-corrected chi connectivity index (χ1v) is 6.09. The number of carbonyl (C=O) groups is 1. The molecule has 1 aliphatic rings. The molecule has 4 N–H and O–H groups in total. The largest absolute Gasteiger partial charge is 0.482 e. The van der Waals surface area contributed by atoms with Crippen molar-refractivity contribution >= 4 is 23.0 Å². The van der Waals surface area contributed by atoms with E-state index in [0.29, 0.717) is 29.4 Å². The van der Waals surface area contributed by atoms with E-state index in [1.807, 2.05) is 12.1 Å². The molecule has 0 unspecified atom stereocenters. The number of nitrogens with one attached hydrogen (secondary N) is 2. The minimum absolute atomic E-state index is 0.0127. The van der Waals surface area contributed by atoms with Gasteiger partial charge >= 0.3 is 0 Å². The predicted octanol–water partition coefficient (Wildman–Crippen LogP) is 1.00. The number of hydrogen-bond acceptors (Lipinski definition) is 6. The van der Waals surface area contributed by atoms with Crippen LogP contribution in [-0.4, -0.2) is 22.7 Å². The van der Waals surface area contributed by atoms with Crippen molar-refractivity contribution in [1.29, 1.82) is 0 Å². The molecule has 0 bridgehead atoms. The average Bonchev–Trinajstić information content (AvgIpc) is 2.46. The third-order valence-electron chi connectivity index (χ3n) is 2.87. The Morgan fingerprint density at radius 2 is 2.35 bits per heavy atom. The van der Waals surface area contributed by atoms with Gasteiger partial charge in [0.1, 0.15) is 5.75 Å². The Kier molecular flexibility index (Phi) is 3.08. The number of nitrogens with zero attached hydrogens (tertiary/aromatic N) is 2. The second kappa shape index (κ2) is 5.04. The van der Waals surface area contributed by atoms with Crippen LogP contribution in [0.3, 0.4) is 0 Å². The molecule has 0 aliphatic carbocycles. The zero-order valence-corrected chi connectivity index (χ0v) is 10.6. The van der Waals surface area contributed by atoms with Gasteiger partial charge in [-0.3, -0.25) is 4.79 Å². The van der Waals surface area contributed by atoms with E-state index in [4.69, 9.17) is 10.5 Å². The lowest BCUT2D eigenvalue weighted by molar-refractivity contribution is -0.118. The third-order valence-corrected chi connectivity index (χ3v) is 2.87. The lowest BCUT2D eigenvalue weighted by Gasteiger charge is -2.20. The number of benzene rings is 1. The van der Waals surface area contributed by atoms with Crippen LogP contribution in [0.4, 0.5) is 17.1 Å². The molecule has 1 aliphatic heterocycles. The molecule has 1 amide bonds. The summed E-state index contributed by atoms with van der Waals surface area (Å²) >= 11 is 0. The molecule has 0 saturated heterocycles. The fourth-order valence-corrected chi connectivity index (χ4v) is 1.91. The van der Waals surface area contributed by atoms with Gasteiger partial charge in [-0.2, -0.15) is 10.2 Å². The Bertz CT molecular complexity index is 645. The van der Waals surface area contributed by atoms with Gasteiger partial charge in [0.25, 0.3) is 5.91 Å². The van der Waals surface area contributed by atoms with Crippen LogP contribution < -0.4 is 21.1 Å². The van der Waals surface area contributed by atoms with Crippen LogP contribution in [0.1, 0.15) is 5.69 Å². The molecular weight excluding hydrogens is 258 g/mol. The van der Waals surface area contributed by atoms with Gasteiger partial charge in [-0.1, -0.05) is 0 Å². The molecule has 0 atom stereocenters. The summed E-state index contributed by atoms with van der Waals surface area (Å²) in [6.07, 6.45) is 1.61. The number of anilines is 3. The van der Waals surface area contributed by atoms with Crippen LogP contribution in [0.2, 0.25) is 0 Å². The average molecular weight is 271 g/mol. The summed E-state index contributed by atoms with van der Waals surface area (Å²) in [6, 6.07) is 7.11. The van der Waals surface area contributed by atoms with E-state index < -0.39 is 0 Å². The number of nitrogen functional groups attached to an aromatic ring is 1. The highest BCUT2D eigenvalue weighted by Gasteiger charge is 2.17. The van der Waals surface area contributed by atoms with Crippen molar-refractivity contribution in [3.8, 4) is 5.75 Å². The van der Waals surface area contributed by atoms with Crippen LogP contribution in [0, 0.1) is 0 Å². The topological polar surface area (TPSA) is 102 Å². The number of hydrogen-bond donors (Lipinski definition) is 3. The summed E-state index contributed by atoms with van der Waals surface area (Å²) in [4.78, 5) is 11.3. The normalized spacial score (nSPS) is 13.1. The molecule has 102 valence electrons. The van der Waals surface area contributed by atoms with E-state index >= 15 is 0 Å². The Morgan fingerprint density at radius 3 is 3.15 bits per heavy atom. The van der Waals surface area contributed by atoms with Gasteiger partial charge in [-0.25, -0.2) is 0 Å². The zero-order chi connectivity index (χ0) is 13.9. The summed E-state index contributed by atoms with van der Waals surface area (Å²) in [7, 11) is 0. The summed E-state index contributed by atoms with van der Waals surface area (Å²) < 4.78 is 5.29. The van der Waals surface area contributed by atoms with E-state index in [1.165, 1.54) is 0 Å². The first-order valence-electron chi connectivity index (χ1n) is 6.09. The van der Waals surface area contributed by atoms with Crippen molar-refractivity contribution in [3.63, 3.8) is 0 Å². The molecular formula is C13H13N5O2. The molecule has 1 aromatic carbocycles. The van der Waals surface area contributed by atoms with Crippen molar-refractivity contribution in [2.75, 3.05) is 23.0 Å². The van der Waals surface area contributed by atoms with Crippen LogP contribution in [-0.2, 0) is 11.3 Å². The molecule has 7 heteroatoms. The van der Waals surface area contributed by atoms with Gasteiger partial charge < -0.3 is 21.1 Å². The first-order chi connectivity index (χ1) is 9.72. The monoisotopic (exact) mass is 271 g/mol. The van der Waals surface area contributed by atoms with Gasteiger partial charge in [0.15, 0.2) is 6.61 Å². The first kappa shape index (κ1) is 12.2. The summed E-state index contributed by atoms with van der Waals surface area (Å²) in [5.74, 6) is 0.398. The third kappa shape index (κ3) is 2.46. The minimum Gasteiger partial charge on any atom is -0.482 e. The van der Waals surface area contributed by atoms with Gasteiger partial charge in [0.05, 0.1) is 29.3 Å². The number of carbonyl (C=O) groups excluding carboxylic acids is 1. The maximum Gasteiger partial charge on any atom is 0.262 e. The molecule has 2 heterocycles. The van der Waals surface area contributed by atoms with Crippen LogP contribution >= 0.6 is 0 Å². The van der Waals surface area contributed by atoms with E-state index in [-0.39, 0.29) is 12.5 Å². The predicted molar refractivity (Wildman–Crippen MR) is 74.3 cm³/mol. The second-order valence-electron chi connectivity index (χ2n) is 4.34. The standard InChI is InChI=1S/C13H13N5O2/c14-9-4-12-11(17-13(19)7-20-12)5-10(9)15-6-8-2-1-3-16-18-8/h1-5,15H,6-7,14H2,(H,17,19). The highest BCUT2D eigenvalue weighted by molar-refractivity contribution is 5.97. The maximum absolute atomic E-state index is 11.3. The maximum atomic E-state index is 11.3. The van der Waals surface area contributed by atoms with E-state index in [1.54, 1.807) is 18.3 Å². The number of fused-ring (bicyclic) bond motifs is 1. The fraction of sp³-hybridized carbons (Fsp3) is 0.154. The van der Waals surface area contributed by atoms with Crippen molar-refractivity contribution in [2.24, 2.45) is 0 Å². The highest BCUT2D eigenvalue weighted by Crippen LogP contribution is 2.35. The Labute approximate surface area is 115 Å². The van der Waals surface area contributed by atoms with Crippen molar-refractivity contribution in [1.82, 2.24) is 10.2 Å². The summed E-state index contributed by atoms with van der Waals surface area (Å²) in [5.41, 5.74) is 8.61. The van der Waals surface area contributed by atoms with E-state index in [0.717, 1.165) is 5.69 Å². The van der Waals surface area contributed by atoms with Crippen LogP contribution in [0.25, 0.3) is 0 Å². The smallest absolute Gasteiger partial charge is 0.262 e. The van der Waals surface area contributed by atoms with Gasteiger partial charge in [0.2, 0.25) is 0 Å². The SMILES string of the molecule is Nc1cc2c(cc1NCc1cccnn1)NC(=O)CO2. The van der Waals surface area contributed by atoms with Crippen LogP contribution in [0.15, 0.2) is 30.5 Å². The lowest BCUT2D eigenvalue weighted by atomic mass is 10.2. The molecule has 0 saturated carbocycles. The molecule has 1 aromatic heterocycles. The van der Waals surface area contributed by atoms with Gasteiger partial charge in [-0.05, 0) is 18.2 Å². The second-order valence-corrected chi connectivity index (χ2v) is 4.34. The Hall–Kier alpha value is -2.83. The van der Waals surface area contributed by atoms with Crippen LogP contribution in [0.5, 0.6) is 5.75 Å². The fourth-order valence-electron chi connectivity index (χ4n) is 1.91. The zero-order valence-electron chi connectivity index (χ0n) is 10.6. The Morgan fingerprint density at radius 1 is 1.45 bits per heavy atom. The molecule has 0 fully saturated rings. The molecule has 0 spiro atoms. The lowest BCUT2D eigenvalue weighted by Crippen LogP contribution is -2.25. The summed E-state index contributed by atoms with van der Waals surface area (Å²) in [5, 5.41) is 13.7. The number of amides is 1. The molecule has 7 nitrogen and oxygen atoms in total. The number of rotatable bonds is 3. The number of aromatic nitrogens is 2. The summed E-state index contributed by atoms with van der Waals surface area (Å²) in [6.45, 7) is 0.504.